The lowest BCUT2D eigenvalue weighted by Crippen LogP contribution is -2.53. The molecule has 254 valence electrons. The zero-order valence-corrected chi connectivity index (χ0v) is 28.5. The number of ether oxygens (including phenoxy) is 2. The molecule has 0 saturated carbocycles. The fourth-order valence-corrected chi connectivity index (χ4v) is 6.60. The van der Waals surface area contributed by atoms with Crippen LogP contribution in [-0.2, 0) is 32.6 Å². The number of hydrogen-bond donors (Lipinski definition) is 1. The number of anilines is 1. The Kier molecular flexibility index (Phi) is 12.6. The molecule has 4 aromatic rings. The minimum absolute atomic E-state index is 0.0149. The molecule has 9 nitrogen and oxygen atoms in total. The molecule has 0 fully saturated rings. The van der Waals surface area contributed by atoms with E-state index in [-0.39, 0.29) is 35.2 Å². The first kappa shape index (κ1) is 35.9. The quantitative estimate of drug-likeness (QED) is 0.148. The highest BCUT2D eigenvalue weighted by Crippen LogP contribution is 2.34. The molecule has 0 aliphatic heterocycles. The summed E-state index contributed by atoms with van der Waals surface area (Å²) in [4.78, 5) is 29.8. The second kappa shape index (κ2) is 16.8. The molecule has 4 aromatic carbocycles. The summed E-state index contributed by atoms with van der Waals surface area (Å²) >= 11 is 0. The van der Waals surface area contributed by atoms with Crippen molar-refractivity contribution in [1.29, 1.82) is 0 Å². The van der Waals surface area contributed by atoms with Crippen molar-refractivity contribution in [1.82, 2.24) is 10.2 Å². The van der Waals surface area contributed by atoms with Crippen molar-refractivity contribution in [2.45, 2.75) is 50.6 Å². The highest BCUT2D eigenvalue weighted by atomic mass is 32.2. The molecule has 48 heavy (non-hydrogen) atoms. The van der Waals surface area contributed by atoms with Crippen LogP contribution >= 0.6 is 0 Å². The van der Waals surface area contributed by atoms with Gasteiger partial charge in [0.2, 0.25) is 11.8 Å². The van der Waals surface area contributed by atoms with Gasteiger partial charge in [-0.15, -0.1) is 0 Å². The minimum atomic E-state index is -4.31. The number of methoxy groups -OCH3 is 2. The van der Waals surface area contributed by atoms with E-state index in [1.165, 1.54) is 55.5 Å². The molecule has 4 rings (SSSR count). The molecular formula is C37H42FN3O6S. The molecule has 0 aromatic heterocycles. The van der Waals surface area contributed by atoms with Gasteiger partial charge < -0.3 is 19.7 Å². The molecule has 2 amide bonds. The van der Waals surface area contributed by atoms with Crippen LogP contribution < -0.4 is 19.1 Å². The Hall–Kier alpha value is -4.90. The van der Waals surface area contributed by atoms with Crippen LogP contribution in [0.5, 0.6) is 11.5 Å². The Morgan fingerprint density at radius 1 is 0.854 bits per heavy atom. The molecule has 1 atom stereocenters. The van der Waals surface area contributed by atoms with E-state index < -0.39 is 34.3 Å². The number of amides is 2. The number of benzene rings is 4. The summed E-state index contributed by atoms with van der Waals surface area (Å²) in [7, 11) is -1.41. The van der Waals surface area contributed by atoms with E-state index in [9.17, 15) is 22.4 Å². The Morgan fingerprint density at radius 3 is 2.15 bits per heavy atom. The van der Waals surface area contributed by atoms with Gasteiger partial charge in [-0.05, 0) is 60.9 Å². The first-order chi connectivity index (χ1) is 23.1. The first-order valence-electron chi connectivity index (χ1n) is 15.7. The fraction of sp³-hybridized carbons (Fsp3) is 0.297. The summed E-state index contributed by atoms with van der Waals surface area (Å²) in [6.07, 6.45) is 1.78. The Bertz CT molecular complexity index is 1770. The van der Waals surface area contributed by atoms with Gasteiger partial charge in [0.15, 0.2) is 11.5 Å². The van der Waals surface area contributed by atoms with Crippen molar-refractivity contribution in [3.05, 3.63) is 120 Å². The smallest absolute Gasteiger partial charge is 0.264 e. The summed E-state index contributed by atoms with van der Waals surface area (Å²) in [6.45, 7) is 3.56. The van der Waals surface area contributed by atoms with Gasteiger partial charge in [-0.3, -0.25) is 13.9 Å². The van der Waals surface area contributed by atoms with Gasteiger partial charge in [-0.2, -0.15) is 0 Å². The molecule has 0 aliphatic carbocycles. The molecule has 0 unspecified atom stereocenters. The third-order valence-electron chi connectivity index (χ3n) is 7.91. The van der Waals surface area contributed by atoms with Crippen molar-refractivity contribution in [3.8, 4) is 11.5 Å². The van der Waals surface area contributed by atoms with Crippen LogP contribution in [0.15, 0.2) is 102 Å². The normalized spacial score (nSPS) is 11.8. The van der Waals surface area contributed by atoms with Gasteiger partial charge in [0.25, 0.3) is 10.0 Å². The third-order valence-corrected chi connectivity index (χ3v) is 9.70. The highest BCUT2D eigenvalue weighted by molar-refractivity contribution is 7.92. The maximum Gasteiger partial charge on any atom is 0.264 e. The topological polar surface area (TPSA) is 105 Å². The van der Waals surface area contributed by atoms with E-state index in [0.29, 0.717) is 17.9 Å². The van der Waals surface area contributed by atoms with Crippen LogP contribution in [0.4, 0.5) is 10.1 Å². The number of carbonyl (C=O) groups is 2. The van der Waals surface area contributed by atoms with E-state index in [0.717, 1.165) is 28.3 Å². The van der Waals surface area contributed by atoms with Gasteiger partial charge in [0.05, 0.1) is 24.8 Å². The van der Waals surface area contributed by atoms with E-state index in [1.54, 1.807) is 30.3 Å². The summed E-state index contributed by atoms with van der Waals surface area (Å²) in [5.41, 5.74) is 2.42. The van der Waals surface area contributed by atoms with Gasteiger partial charge in [-0.1, -0.05) is 73.5 Å². The van der Waals surface area contributed by atoms with Crippen molar-refractivity contribution in [3.63, 3.8) is 0 Å². The van der Waals surface area contributed by atoms with Gasteiger partial charge in [0, 0.05) is 25.6 Å². The average molecular weight is 676 g/mol. The third kappa shape index (κ3) is 9.13. The number of sulfonamides is 1. The number of hydrogen-bond acceptors (Lipinski definition) is 6. The second-order valence-corrected chi connectivity index (χ2v) is 13.2. The number of halogens is 1. The Morgan fingerprint density at radius 2 is 1.52 bits per heavy atom. The summed E-state index contributed by atoms with van der Waals surface area (Å²) in [6, 6.07) is 24.8. The average Bonchev–Trinajstić information content (AvgIpc) is 3.09. The minimum Gasteiger partial charge on any atom is -0.493 e. The van der Waals surface area contributed by atoms with E-state index in [2.05, 4.69) is 5.32 Å². The van der Waals surface area contributed by atoms with Crippen molar-refractivity contribution < 1.29 is 31.9 Å². The molecule has 0 spiro atoms. The molecule has 1 N–H and O–H groups in total. The summed E-state index contributed by atoms with van der Waals surface area (Å²) in [5, 5.41) is 2.95. The Labute approximate surface area is 282 Å². The number of unbranched alkanes of at least 4 members (excludes halogenated alkanes) is 1. The maximum absolute atomic E-state index is 14.6. The highest BCUT2D eigenvalue weighted by Gasteiger charge is 2.35. The summed E-state index contributed by atoms with van der Waals surface area (Å²) in [5.74, 6) is -0.798. The predicted molar refractivity (Wildman–Crippen MR) is 184 cm³/mol. The van der Waals surface area contributed by atoms with Crippen LogP contribution in [0.1, 0.15) is 36.5 Å². The second-order valence-electron chi connectivity index (χ2n) is 11.4. The number of aryl methyl sites for hydroxylation is 1. The van der Waals surface area contributed by atoms with Crippen molar-refractivity contribution >= 4 is 27.5 Å². The van der Waals surface area contributed by atoms with Crippen molar-refractivity contribution in [2.24, 2.45) is 0 Å². The monoisotopic (exact) mass is 675 g/mol. The molecule has 0 radical (unpaired) electrons. The van der Waals surface area contributed by atoms with Gasteiger partial charge >= 0.3 is 0 Å². The molecule has 11 heteroatoms. The molecule has 0 aliphatic rings. The van der Waals surface area contributed by atoms with Gasteiger partial charge in [0.1, 0.15) is 18.4 Å². The largest absolute Gasteiger partial charge is 0.493 e. The van der Waals surface area contributed by atoms with Crippen LogP contribution in [-0.4, -0.2) is 58.5 Å². The fourth-order valence-electron chi connectivity index (χ4n) is 5.19. The van der Waals surface area contributed by atoms with Crippen molar-refractivity contribution in [2.75, 3.05) is 31.6 Å². The van der Waals surface area contributed by atoms with Crippen LogP contribution in [0.2, 0.25) is 0 Å². The number of nitrogens with one attached hydrogen (secondary N) is 1. The SMILES string of the molecule is CCCCNC(=O)[C@@H](Cc1ccccc1)N(Cc1ccc(F)cc1)C(=O)CN(c1ccc(OC)c(OC)c1)S(=O)(=O)c1ccc(C)cc1. The van der Waals surface area contributed by atoms with Crippen LogP contribution in [0, 0.1) is 12.7 Å². The Balaban J connectivity index is 1.82. The van der Waals surface area contributed by atoms with E-state index in [1.807, 2.05) is 44.2 Å². The molecule has 0 saturated heterocycles. The first-order valence-corrected chi connectivity index (χ1v) is 17.2. The zero-order chi connectivity index (χ0) is 34.7. The number of carbonyl (C=O) groups excluding carboxylic acids is 2. The zero-order valence-electron chi connectivity index (χ0n) is 27.7. The maximum atomic E-state index is 14.6. The molecule has 0 heterocycles. The lowest BCUT2D eigenvalue weighted by molar-refractivity contribution is -0.140. The van der Waals surface area contributed by atoms with Crippen LogP contribution in [0.3, 0.4) is 0 Å². The number of nitrogens with zero attached hydrogens (tertiary/aromatic N) is 2. The lowest BCUT2D eigenvalue weighted by Gasteiger charge is -2.34. The molecule has 0 bridgehead atoms. The predicted octanol–water partition coefficient (Wildman–Crippen LogP) is 5.90. The van der Waals surface area contributed by atoms with Crippen LogP contribution in [0.25, 0.3) is 0 Å². The standard InChI is InChI=1S/C37H42FN3O6S/c1-5-6-22-39-37(43)33(23-28-10-8-7-9-11-28)40(25-29-14-16-30(38)17-15-29)36(42)26-41(31-18-21-34(46-3)35(24-31)47-4)48(44,45)32-19-12-27(2)13-20-32/h7-21,24,33H,5-6,22-23,25-26H2,1-4H3,(H,39,43)/t33-/m1/s1. The van der Waals surface area contributed by atoms with Gasteiger partial charge in [-0.25, -0.2) is 12.8 Å². The molecular weight excluding hydrogens is 633 g/mol. The van der Waals surface area contributed by atoms with E-state index >= 15 is 0 Å². The summed E-state index contributed by atoms with van der Waals surface area (Å²) < 4.78 is 54.3. The van der Waals surface area contributed by atoms with E-state index in [4.69, 9.17) is 9.47 Å². The lowest BCUT2D eigenvalue weighted by atomic mass is 10.0. The number of rotatable bonds is 16.